The first-order valence-corrected chi connectivity index (χ1v) is 5.32. The summed E-state index contributed by atoms with van der Waals surface area (Å²) in [4.78, 5) is 13.0. The van der Waals surface area contributed by atoms with Crippen molar-refractivity contribution in [1.29, 1.82) is 0 Å². The van der Waals surface area contributed by atoms with Crippen LogP contribution in [0.3, 0.4) is 0 Å². The van der Waals surface area contributed by atoms with Crippen LogP contribution in [-0.4, -0.2) is 24.3 Å². The molecule has 2 nitrogen and oxygen atoms in total. The summed E-state index contributed by atoms with van der Waals surface area (Å²) < 4.78 is 0. The van der Waals surface area contributed by atoms with Gasteiger partial charge in [-0.3, -0.25) is 4.79 Å². The summed E-state index contributed by atoms with van der Waals surface area (Å²) in [7, 11) is 2.05. The molecule has 0 radical (unpaired) electrons. The molecule has 0 heterocycles. The number of aryl methyl sites for hydroxylation is 1. The van der Waals surface area contributed by atoms with Crippen molar-refractivity contribution in [2.45, 2.75) is 26.8 Å². The first-order valence-electron chi connectivity index (χ1n) is 5.32. The smallest absolute Gasteiger partial charge is 0.131 e. The summed E-state index contributed by atoms with van der Waals surface area (Å²) in [6.07, 6.45) is 0.641. The number of benzene rings is 1. The number of hydrogen-bond acceptors (Lipinski definition) is 2. The number of Topliss-reactive ketones (excluding diaryl/α,β-unsaturated/α-hetero) is 1. The van der Waals surface area contributed by atoms with Crippen molar-refractivity contribution < 1.29 is 4.79 Å². The van der Waals surface area contributed by atoms with Crippen molar-refractivity contribution in [2.75, 3.05) is 13.6 Å². The van der Waals surface area contributed by atoms with Gasteiger partial charge in [-0.05, 0) is 32.0 Å². The van der Waals surface area contributed by atoms with E-state index in [1.54, 1.807) is 6.92 Å². The van der Waals surface area contributed by atoms with E-state index < -0.39 is 0 Å². The Morgan fingerprint density at radius 2 is 2.00 bits per heavy atom. The fourth-order valence-corrected chi connectivity index (χ4v) is 1.51. The van der Waals surface area contributed by atoms with Crippen LogP contribution in [0.4, 0.5) is 0 Å². The van der Waals surface area contributed by atoms with Crippen molar-refractivity contribution >= 4 is 5.78 Å². The maximum Gasteiger partial charge on any atom is 0.131 e. The van der Waals surface area contributed by atoms with Gasteiger partial charge in [-0.15, -0.1) is 0 Å². The second-order valence-corrected chi connectivity index (χ2v) is 4.12. The van der Waals surface area contributed by atoms with Crippen LogP contribution >= 0.6 is 0 Å². The number of rotatable bonds is 5. The molecule has 1 aromatic rings. The van der Waals surface area contributed by atoms with Crippen molar-refractivity contribution in [2.24, 2.45) is 0 Å². The zero-order chi connectivity index (χ0) is 11.3. The summed E-state index contributed by atoms with van der Waals surface area (Å²) in [5, 5.41) is 0. The van der Waals surface area contributed by atoms with Crippen molar-refractivity contribution in [3.05, 3.63) is 35.4 Å². The molecule has 0 amide bonds. The maximum absolute atomic E-state index is 10.8. The molecule has 82 valence electrons. The minimum atomic E-state index is 0.256. The second kappa shape index (κ2) is 5.66. The van der Waals surface area contributed by atoms with Gasteiger partial charge in [-0.25, -0.2) is 0 Å². The van der Waals surface area contributed by atoms with Gasteiger partial charge in [0.1, 0.15) is 5.78 Å². The normalized spacial score (nSPS) is 10.7. The standard InChI is InChI=1S/C13H19NO/c1-11-6-4-5-7-13(11)10-14(3)9-8-12(2)15/h4-7H,8-10H2,1-3H3. The molecule has 1 aromatic carbocycles. The lowest BCUT2D eigenvalue weighted by Gasteiger charge is -2.17. The van der Waals surface area contributed by atoms with Crippen LogP contribution < -0.4 is 0 Å². The zero-order valence-electron chi connectivity index (χ0n) is 9.79. The Hall–Kier alpha value is -1.15. The van der Waals surface area contributed by atoms with Crippen molar-refractivity contribution in [3.8, 4) is 0 Å². The second-order valence-electron chi connectivity index (χ2n) is 4.12. The summed E-state index contributed by atoms with van der Waals surface area (Å²) in [5.74, 6) is 0.256. The highest BCUT2D eigenvalue weighted by Crippen LogP contribution is 2.09. The molecule has 0 aliphatic heterocycles. The summed E-state index contributed by atoms with van der Waals surface area (Å²) in [5.41, 5.74) is 2.65. The van der Waals surface area contributed by atoms with Crippen LogP contribution in [0, 0.1) is 6.92 Å². The highest BCUT2D eigenvalue weighted by molar-refractivity contribution is 5.75. The quantitative estimate of drug-likeness (QED) is 0.735. The van der Waals surface area contributed by atoms with Crippen LogP contribution in [0.15, 0.2) is 24.3 Å². The van der Waals surface area contributed by atoms with Crippen molar-refractivity contribution in [1.82, 2.24) is 4.90 Å². The van der Waals surface area contributed by atoms with Gasteiger partial charge in [-0.2, -0.15) is 0 Å². The summed E-state index contributed by atoms with van der Waals surface area (Å²) >= 11 is 0. The highest BCUT2D eigenvalue weighted by Gasteiger charge is 2.03. The van der Waals surface area contributed by atoms with E-state index in [0.29, 0.717) is 6.42 Å². The molecular formula is C13H19NO. The Morgan fingerprint density at radius 1 is 1.33 bits per heavy atom. The van der Waals surface area contributed by atoms with Gasteiger partial charge < -0.3 is 4.90 Å². The molecular weight excluding hydrogens is 186 g/mol. The minimum Gasteiger partial charge on any atom is -0.302 e. The molecule has 0 atom stereocenters. The number of ketones is 1. The molecule has 0 aliphatic rings. The molecule has 0 saturated carbocycles. The summed E-state index contributed by atoms with van der Waals surface area (Å²) in [6, 6.07) is 8.36. The van der Waals surface area contributed by atoms with Gasteiger partial charge in [0.25, 0.3) is 0 Å². The van der Waals surface area contributed by atoms with Gasteiger partial charge in [-0.1, -0.05) is 24.3 Å². The van der Waals surface area contributed by atoms with E-state index in [-0.39, 0.29) is 5.78 Å². The van der Waals surface area contributed by atoms with E-state index in [0.717, 1.165) is 13.1 Å². The van der Waals surface area contributed by atoms with Gasteiger partial charge in [0.2, 0.25) is 0 Å². The Balaban J connectivity index is 2.47. The van der Waals surface area contributed by atoms with Crippen LogP contribution in [0.25, 0.3) is 0 Å². The largest absolute Gasteiger partial charge is 0.302 e. The van der Waals surface area contributed by atoms with E-state index in [1.165, 1.54) is 11.1 Å². The molecule has 0 aliphatic carbocycles. The Kier molecular flexibility index (Phi) is 4.50. The molecule has 0 unspecified atom stereocenters. The monoisotopic (exact) mass is 205 g/mol. The zero-order valence-corrected chi connectivity index (χ0v) is 9.79. The van der Waals surface area contributed by atoms with Crippen LogP contribution in [-0.2, 0) is 11.3 Å². The summed E-state index contributed by atoms with van der Waals surface area (Å²) in [6.45, 7) is 5.51. The number of carbonyl (C=O) groups excluding carboxylic acids is 1. The minimum absolute atomic E-state index is 0.256. The Labute approximate surface area is 91.9 Å². The van der Waals surface area contributed by atoms with E-state index in [2.05, 4.69) is 43.1 Å². The third-order valence-corrected chi connectivity index (χ3v) is 2.55. The average molecular weight is 205 g/mol. The fourth-order valence-electron chi connectivity index (χ4n) is 1.51. The molecule has 15 heavy (non-hydrogen) atoms. The van der Waals surface area contributed by atoms with E-state index in [4.69, 9.17) is 0 Å². The lowest BCUT2D eigenvalue weighted by atomic mass is 10.1. The van der Waals surface area contributed by atoms with Crippen molar-refractivity contribution in [3.63, 3.8) is 0 Å². The molecule has 1 rings (SSSR count). The predicted molar refractivity (Wildman–Crippen MR) is 62.8 cm³/mol. The molecule has 2 heteroatoms. The molecule has 0 fully saturated rings. The Morgan fingerprint density at radius 3 is 2.60 bits per heavy atom. The van der Waals surface area contributed by atoms with Crippen LogP contribution in [0.2, 0.25) is 0 Å². The first-order chi connectivity index (χ1) is 7.09. The topological polar surface area (TPSA) is 20.3 Å². The lowest BCUT2D eigenvalue weighted by Crippen LogP contribution is -2.21. The number of nitrogens with zero attached hydrogens (tertiary/aromatic N) is 1. The molecule has 0 saturated heterocycles. The third-order valence-electron chi connectivity index (χ3n) is 2.55. The molecule has 0 aromatic heterocycles. The van der Waals surface area contributed by atoms with Gasteiger partial charge in [0.05, 0.1) is 0 Å². The molecule has 0 N–H and O–H groups in total. The Bertz CT molecular complexity index is 333. The van der Waals surface area contributed by atoms with Crippen LogP contribution in [0.5, 0.6) is 0 Å². The predicted octanol–water partition coefficient (Wildman–Crippen LogP) is 2.41. The van der Waals surface area contributed by atoms with E-state index >= 15 is 0 Å². The molecule has 0 bridgehead atoms. The number of hydrogen-bond donors (Lipinski definition) is 0. The highest BCUT2D eigenvalue weighted by atomic mass is 16.1. The SMILES string of the molecule is CC(=O)CCN(C)Cc1ccccc1C. The average Bonchev–Trinajstić information content (AvgIpc) is 2.18. The van der Waals surface area contributed by atoms with Gasteiger partial charge in [0, 0.05) is 19.5 Å². The maximum atomic E-state index is 10.8. The third kappa shape index (κ3) is 4.26. The number of carbonyl (C=O) groups is 1. The van der Waals surface area contributed by atoms with E-state index in [1.807, 2.05) is 0 Å². The van der Waals surface area contributed by atoms with E-state index in [9.17, 15) is 4.79 Å². The fraction of sp³-hybridized carbons (Fsp3) is 0.462. The lowest BCUT2D eigenvalue weighted by molar-refractivity contribution is -0.117. The molecule has 0 spiro atoms. The van der Waals surface area contributed by atoms with Gasteiger partial charge in [0.15, 0.2) is 0 Å². The first kappa shape index (κ1) is 11.9. The van der Waals surface area contributed by atoms with Gasteiger partial charge >= 0.3 is 0 Å². The van der Waals surface area contributed by atoms with Crippen LogP contribution in [0.1, 0.15) is 24.5 Å².